The second-order valence-corrected chi connectivity index (χ2v) is 10.0. The molecule has 3 aromatic rings. The van der Waals surface area contributed by atoms with Crippen LogP contribution in [0.25, 0.3) is 0 Å². The van der Waals surface area contributed by atoms with Crippen molar-refractivity contribution in [3.8, 4) is 0 Å². The number of nitrogens with one attached hydrogen (secondary N) is 1. The number of rotatable bonds is 2. The highest BCUT2D eigenvalue weighted by Gasteiger charge is 2.43. The predicted molar refractivity (Wildman–Crippen MR) is 133 cm³/mol. The van der Waals surface area contributed by atoms with E-state index < -0.39 is 17.8 Å². The van der Waals surface area contributed by atoms with Gasteiger partial charge < -0.3 is 5.32 Å². The number of fused-ring (bicyclic) bond motifs is 1. The third-order valence-corrected chi connectivity index (χ3v) is 6.69. The summed E-state index contributed by atoms with van der Waals surface area (Å²) in [5.74, 6) is -0.474. The van der Waals surface area contributed by atoms with Crippen molar-refractivity contribution in [1.29, 1.82) is 0 Å². The minimum absolute atomic E-state index is 0.127. The van der Waals surface area contributed by atoms with E-state index in [9.17, 15) is 22.8 Å². The molecule has 3 aromatic carbocycles. The van der Waals surface area contributed by atoms with Gasteiger partial charge in [-0.05, 0) is 53.8 Å². The van der Waals surface area contributed by atoms with Gasteiger partial charge in [0.15, 0.2) is 5.78 Å². The molecule has 0 saturated carbocycles. The van der Waals surface area contributed by atoms with Crippen molar-refractivity contribution in [1.82, 2.24) is 0 Å². The summed E-state index contributed by atoms with van der Waals surface area (Å²) in [6, 6.07) is 19.8. The number of para-hydroxylation sites is 2. The Morgan fingerprint density at radius 1 is 0.917 bits per heavy atom. The van der Waals surface area contributed by atoms with Gasteiger partial charge in [0.2, 0.25) is 0 Å². The van der Waals surface area contributed by atoms with Crippen LogP contribution in [0.5, 0.6) is 0 Å². The van der Waals surface area contributed by atoms with Gasteiger partial charge in [0.25, 0.3) is 5.91 Å². The first-order valence-corrected chi connectivity index (χ1v) is 11.7. The number of alkyl halides is 3. The average molecular weight is 491 g/mol. The second-order valence-electron chi connectivity index (χ2n) is 10.0. The molecule has 0 aromatic heterocycles. The van der Waals surface area contributed by atoms with Crippen LogP contribution in [0.15, 0.2) is 90.1 Å². The molecule has 2 aliphatic rings. The summed E-state index contributed by atoms with van der Waals surface area (Å²) < 4.78 is 40.0. The maximum Gasteiger partial charge on any atom is 0.416 e. The minimum Gasteiger partial charge on any atom is -0.357 e. The van der Waals surface area contributed by atoms with E-state index in [0.717, 1.165) is 12.1 Å². The normalized spacial score (nSPS) is 19.2. The van der Waals surface area contributed by atoms with E-state index in [1.165, 1.54) is 12.1 Å². The first-order valence-electron chi connectivity index (χ1n) is 11.7. The monoisotopic (exact) mass is 490 g/mol. The number of hydrogen-bond donors (Lipinski definition) is 1. The van der Waals surface area contributed by atoms with E-state index in [-0.39, 0.29) is 23.5 Å². The molecule has 0 radical (unpaired) electrons. The van der Waals surface area contributed by atoms with Gasteiger partial charge in [-0.1, -0.05) is 56.3 Å². The van der Waals surface area contributed by atoms with Crippen molar-refractivity contribution < 1.29 is 22.8 Å². The molecule has 184 valence electrons. The van der Waals surface area contributed by atoms with Crippen LogP contribution in [0, 0.1) is 5.41 Å². The summed E-state index contributed by atoms with van der Waals surface area (Å²) in [7, 11) is 0. The number of nitrogens with zero attached hydrogens (tertiary/aromatic N) is 1. The van der Waals surface area contributed by atoms with Gasteiger partial charge in [0.1, 0.15) is 0 Å². The van der Waals surface area contributed by atoms with Crippen LogP contribution in [-0.4, -0.2) is 11.7 Å². The zero-order valence-corrected chi connectivity index (χ0v) is 19.9. The maximum atomic E-state index is 14.0. The van der Waals surface area contributed by atoms with Gasteiger partial charge in [-0.2, -0.15) is 13.2 Å². The van der Waals surface area contributed by atoms with Crippen LogP contribution in [-0.2, 0) is 11.0 Å². The fourth-order valence-corrected chi connectivity index (χ4v) is 5.10. The molecule has 0 saturated heterocycles. The van der Waals surface area contributed by atoms with Crippen LogP contribution in [0.1, 0.15) is 54.2 Å². The maximum absolute atomic E-state index is 14.0. The zero-order chi connectivity index (χ0) is 25.7. The number of amides is 1. The zero-order valence-electron chi connectivity index (χ0n) is 19.9. The number of anilines is 2. The number of Topliss-reactive ketones (excluding diaryl/α,β-unsaturated/α-hetero) is 1. The number of carbonyl (C=O) groups excluding carboxylic acids is 2. The Labute approximate surface area is 207 Å². The van der Waals surface area contributed by atoms with Crippen LogP contribution in [0.4, 0.5) is 24.5 Å². The lowest BCUT2D eigenvalue weighted by molar-refractivity contribution is -0.137. The first-order chi connectivity index (χ1) is 17.0. The molecule has 0 spiro atoms. The molecule has 1 amide bonds. The molecule has 0 fully saturated rings. The molecule has 0 bridgehead atoms. The summed E-state index contributed by atoms with van der Waals surface area (Å²) in [6.07, 6.45) is -3.66. The van der Waals surface area contributed by atoms with Gasteiger partial charge in [0, 0.05) is 23.3 Å². The molecule has 36 heavy (non-hydrogen) atoms. The van der Waals surface area contributed by atoms with Crippen molar-refractivity contribution in [2.24, 2.45) is 5.41 Å². The molecule has 1 heterocycles. The third-order valence-electron chi connectivity index (χ3n) is 6.69. The number of carbonyl (C=O) groups is 2. The lowest BCUT2D eigenvalue weighted by atomic mass is 9.73. The van der Waals surface area contributed by atoms with E-state index >= 15 is 0 Å². The standard InChI is InChI=1S/C29H25F3N2O2/c1-28(2)16-22-25(24(35)17-28)26(18-12-14-20(15-13-18)29(30,31)32)34(23-11-7-6-10-21(23)33-22)27(36)19-8-4-3-5-9-19/h3-15,26,33H,16-17H2,1-2H3. The summed E-state index contributed by atoms with van der Waals surface area (Å²) in [6.45, 7) is 4.01. The van der Waals surface area contributed by atoms with Gasteiger partial charge >= 0.3 is 6.18 Å². The van der Waals surface area contributed by atoms with Gasteiger partial charge in [0.05, 0.1) is 23.0 Å². The van der Waals surface area contributed by atoms with E-state index in [4.69, 9.17) is 0 Å². The Kier molecular flexibility index (Phi) is 5.74. The van der Waals surface area contributed by atoms with E-state index in [1.807, 2.05) is 26.0 Å². The largest absolute Gasteiger partial charge is 0.416 e. The topological polar surface area (TPSA) is 49.4 Å². The van der Waals surface area contributed by atoms with Crippen molar-refractivity contribution in [3.63, 3.8) is 0 Å². The summed E-state index contributed by atoms with van der Waals surface area (Å²) in [4.78, 5) is 29.2. The molecule has 5 rings (SSSR count). The third kappa shape index (κ3) is 4.30. The highest BCUT2D eigenvalue weighted by Crippen LogP contribution is 2.49. The Morgan fingerprint density at radius 2 is 1.56 bits per heavy atom. The minimum atomic E-state index is -4.50. The number of benzene rings is 3. The lowest BCUT2D eigenvalue weighted by Crippen LogP contribution is -2.39. The van der Waals surface area contributed by atoms with Crippen LogP contribution < -0.4 is 10.2 Å². The molecule has 1 N–H and O–H groups in total. The Hall–Kier alpha value is -3.87. The second kappa shape index (κ2) is 8.66. The van der Waals surface area contributed by atoms with Crippen LogP contribution in [0.2, 0.25) is 0 Å². The molecule has 1 atom stereocenters. The fourth-order valence-electron chi connectivity index (χ4n) is 5.10. The predicted octanol–water partition coefficient (Wildman–Crippen LogP) is 7.16. The molecule has 1 aliphatic carbocycles. The first kappa shape index (κ1) is 23.9. The SMILES string of the molecule is CC1(C)CC(=O)C2=C(C1)Nc1ccccc1N(C(=O)c1ccccc1)C2c1ccc(C(F)(F)F)cc1. The van der Waals surface area contributed by atoms with Crippen molar-refractivity contribution in [2.75, 3.05) is 10.2 Å². The molecule has 7 heteroatoms. The van der Waals surface area contributed by atoms with Gasteiger partial charge in [-0.15, -0.1) is 0 Å². The Bertz CT molecular complexity index is 1360. The van der Waals surface area contributed by atoms with Crippen LogP contribution >= 0.6 is 0 Å². The molecule has 1 aliphatic heterocycles. The molecular formula is C29H25F3N2O2. The Balaban J connectivity index is 1.77. The molecule has 4 nitrogen and oxygen atoms in total. The lowest BCUT2D eigenvalue weighted by Gasteiger charge is -2.37. The number of allylic oxidation sites excluding steroid dienone is 1. The van der Waals surface area contributed by atoms with E-state index in [2.05, 4.69) is 5.32 Å². The summed E-state index contributed by atoms with van der Waals surface area (Å²) in [5, 5.41) is 3.40. The number of ketones is 1. The van der Waals surface area contributed by atoms with Crippen LogP contribution in [0.3, 0.4) is 0 Å². The van der Waals surface area contributed by atoms with Gasteiger partial charge in [-0.25, -0.2) is 0 Å². The number of hydrogen-bond acceptors (Lipinski definition) is 3. The highest BCUT2D eigenvalue weighted by molar-refractivity contribution is 6.12. The summed E-state index contributed by atoms with van der Waals surface area (Å²) >= 11 is 0. The Morgan fingerprint density at radius 3 is 2.22 bits per heavy atom. The molecule has 1 unspecified atom stereocenters. The van der Waals surface area contributed by atoms with E-state index in [1.54, 1.807) is 47.4 Å². The summed E-state index contributed by atoms with van der Waals surface area (Å²) in [5.41, 5.74) is 2.08. The van der Waals surface area contributed by atoms with E-state index in [0.29, 0.717) is 40.2 Å². The van der Waals surface area contributed by atoms with Crippen molar-refractivity contribution in [2.45, 2.75) is 38.9 Å². The average Bonchev–Trinajstić information content (AvgIpc) is 2.97. The quantitative estimate of drug-likeness (QED) is 0.415. The van der Waals surface area contributed by atoms with Crippen molar-refractivity contribution in [3.05, 3.63) is 107 Å². The fraction of sp³-hybridized carbons (Fsp3) is 0.241. The number of halogens is 3. The van der Waals surface area contributed by atoms with Gasteiger partial charge in [-0.3, -0.25) is 14.5 Å². The van der Waals surface area contributed by atoms with Crippen molar-refractivity contribution >= 4 is 23.1 Å². The molecular weight excluding hydrogens is 465 g/mol. The smallest absolute Gasteiger partial charge is 0.357 e. The highest BCUT2D eigenvalue weighted by atomic mass is 19.4.